The fourth-order valence-corrected chi connectivity index (χ4v) is 4.61. The first-order valence-electron chi connectivity index (χ1n) is 6.93. The van der Waals surface area contributed by atoms with Gasteiger partial charge in [0, 0.05) is 22.9 Å². The minimum Gasteiger partial charge on any atom is -0.361 e. The van der Waals surface area contributed by atoms with E-state index < -0.39 is 0 Å². The molecule has 21 heavy (non-hydrogen) atoms. The first-order chi connectivity index (χ1) is 10.4. The van der Waals surface area contributed by atoms with Gasteiger partial charge in [0.1, 0.15) is 0 Å². The van der Waals surface area contributed by atoms with Crippen LogP contribution in [0.5, 0.6) is 0 Å². The molecule has 4 heteroatoms. The van der Waals surface area contributed by atoms with Gasteiger partial charge in [0.25, 0.3) is 0 Å². The number of benzene rings is 2. The highest BCUT2D eigenvalue weighted by Gasteiger charge is 2.06. The largest absolute Gasteiger partial charge is 0.361 e. The predicted molar refractivity (Wildman–Crippen MR) is 92.3 cm³/mol. The molecule has 0 bridgehead atoms. The smallest absolute Gasteiger partial charge is 0.151 e. The predicted octanol–water partition coefficient (Wildman–Crippen LogP) is 5.11. The van der Waals surface area contributed by atoms with Gasteiger partial charge >= 0.3 is 0 Å². The van der Waals surface area contributed by atoms with Crippen molar-refractivity contribution in [3.05, 3.63) is 60.3 Å². The zero-order chi connectivity index (χ0) is 14.1. The molecule has 0 unspecified atom stereocenters. The molecule has 0 aliphatic rings. The number of H-pyrrole nitrogens is 1. The zero-order valence-electron chi connectivity index (χ0n) is 11.4. The standard InChI is InChI=1S/C17H14N2S2/c1-2-6-14-13(5-1)12(11-18-14)9-10-20-17-19-15-7-3-4-8-16(15)21-17/h1-8,11,18H,9-10H2. The fourth-order valence-electron chi connectivity index (χ4n) is 2.50. The molecule has 2 nitrogen and oxygen atoms in total. The highest BCUT2D eigenvalue weighted by atomic mass is 32.2. The monoisotopic (exact) mass is 310 g/mol. The van der Waals surface area contributed by atoms with Crippen LogP contribution in [0.4, 0.5) is 0 Å². The maximum atomic E-state index is 4.67. The van der Waals surface area contributed by atoms with E-state index in [1.807, 2.05) is 17.8 Å². The number of para-hydroxylation sites is 2. The van der Waals surface area contributed by atoms with Crippen molar-refractivity contribution >= 4 is 44.2 Å². The molecule has 0 aliphatic carbocycles. The van der Waals surface area contributed by atoms with E-state index in [4.69, 9.17) is 0 Å². The van der Waals surface area contributed by atoms with Crippen molar-refractivity contribution in [2.24, 2.45) is 0 Å². The van der Waals surface area contributed by atoms with Crippen molar-refractivity contribution in [2.45, 2.75) is 10.8 Å². The van der Waals surface area contributed by atoms with Gasteiger partial charge in [-0.3, -0.25) is 0 Å². The molecule has 2 heterocycles. The lowest BCUT2D eigenvalue weighted by atomic mass is 10.1. The lowest BCUT2D eigenvalue weighted by molar-refractivity contribution is 1.16. The Bertz CT molecular complexity index is 859. The normalized spacial score (nSPS) is 11.4. The van der Waals surface area contributed by atoms with E-state index >= 15 is 0 Å². The van der Waals surface area contributed by atoms with Gasteiger partial charge in [-0.15, -0.1) is 11.3 Å². The van der Waals surface area contributed by atoms with Gasteiger partial charge in [0.15, 0.2) is 4.34 Å². The summed E-state index contributed by atoms with van der Waals surface area (Å²) in [5.41, 5.74) is 3.72. The number of rotatable bonds is 4. The molecule has 0 atom stereocenters. The van der Waals surface area contributed by atoms with Gasteiger partial charge in [-0.05, 0) is 30.2 Å². The molecular formula is C17H14N2S2. The SMILES string of the molecule is c1ccc2sc(SCCc3c[nH]c4ccccc34)nc2c1. The molecule has 4 aromatic rings. The van der Waals surface area contributed by atoms with Crippen molar-refractivity contribution in [3.8, 4) is 0 Å². The third kappa shape index (κ3) is 2.57. The molecule has 0 amide bonds. The summed E-state index contributed by atoms with van der Waals surface area (Å²) in [6, 6.07) is 16.8. The first-order valence-corrected chi connectivity index (χ1v) is 8.74. The van der Waals surface area contributed by atoms with Crippen LogP contribution < -0.4 is 0 Å². The number of thioether (sulfide) groups is 1. The van der Waals surface area contributed by atoms with Crippen LogP contribution in [-0.4, -0.2) is 15.7 Å². The van der Waals surface area contributed by atoms with Crippen molar-refractivity contribution in [1.29, 1.82) is 0 Å². The van der Waals surface area contributed by atoms with E-state index in [0.29, 0.717) is 0 Å². The average molecular weight is 310 g/mol. The molecule has 2 aromatic heterocycles. The number of hydrogen-bond acceptors (Lipinski definition) is 3. The number of thiazole rings is 1. The highest BCUT2D eigenvalue weighted by Crippen LogP contribution is 2.30. The zero-order valence-corrected chi connectivity index (χ0v) is 13.0. The van der Waals surface area contributed by atoms with Gasteiger partial charge in [-0.1, -0.05) is 42.1 Å². The van der Waals surface area contributed by atoms with E-state index in [-0.39, 0.29) is 0 Å². The molecule has 2 aromatic carbocycles. The minimum atomic E-state index is 1.06. The van der Waals surface area contributed by atoms with Crippen LogP contribution in [0.25, 0.3) is 21.1 Å². The number of aromatic nitrogens is 2. The Morgan fingerprint density at radius 3 is 2.86 bits per heavy atom. The number of nitrogens with one attached hydrogen (secondary N) is 1. The summed E-state index contributed by atoms with van der Waals surface area (Å²) in [5, 5.41) is 1.34. The number of aromatic amines is 1. The highest BCUT2D eigenvalue weighted by molar-refractivity contribution is 8.01. The number of hydrogen-bond donors (Lipinski definition) is 1. The summed E-state index contributed by atoms with van der Waals surface area (Å²) < 4.78 is 2.43. The van der Waals surface area contributed by atoms with Gasteiger partial charge in [-0.25, -0.2) is 4.98 Å². The molecule has 1 N–H and O–H groups in total. The average Bonchev–Trinajstić information content (AvgIpc) is 3.11. The van der Waals surface area contributed by atoms with Crippen LogP contribution in [0.3, 0.4) is 0 Å². The Morgan fingerprint density at radius 1 is 1.05 bits per heavy atom. The summed E-state index contributed by atoms with van der Waals surface area (Å²) >= 11 is 3.63. The molecular weight excluding hydrogens is 296 g/mol. The second-order valence-corrected chi connectivity index (χ2v) is 7.28. The molecule has 0 spiro atoms. The topological polar surface area (TPSA) is 28.7 Å². The van der Waals surface area contributed by atoms with E-state index in [2.05, 4.69) is 58.6 Å². The third-order valence-electron chi connectivity index (χ3n) is 3.55. The van der Waals surface area contributed by atoms with E-state index in [1.165, 1.54) is 21.2 Å². The summed E-state index contributed by atoms with van der Waals surface area (Å²) in [4.78, 5) is 8.00. The van der Waals surface area contributed by atoms with Crippen LogP contribution in [0.1, 0.15) is 5.56 Å². The molecule has 0 aliphatic heterocycles. The lowest BCUT2D eigenvalue weighted by Gasteiger charge is -1.98. The third-order valence-corrected chi connectivity index (χ3v) is 5.73. The first kappa shape index (κ1) is 12.9. The molecule has 0 saturated carbocycles. The van der Waals surface area contributed by atoms with Crippen LogP contribution in [0.2, 0.25) is 0 Å². The molecule has 0 radical (unpaired) electrons. The fraction of sp³-hybridized carbons (Fsp3) is 0.118. The van der Waals surface area contributed by atoms with Crippen molar-refractivity contribution in [1.82, 2.24) is 9.97 Å². The Hall–Kier alpha value is -1.78. The van der Waals surface area contributed by atoms with Gasteiger partial charge in [0.2, 0.25) is 0 Å². The quantitative estimate of drug-likeness (QED) is 0.530. The Balaban J connectivity index is 1.47. The van der Waals surface area contributed by atoms with Crippen LogP contribution >= 0.6 is 23.1 Å². The maximum absolute atomic E-state index is 4.67. The lowest BCUT2D eigenvalue weighted by Crippen LogP contribution is -1.86. The summed E-state index contributed by atoms with van der Waals surface area (Å²) in [6.07, 6.45) is 3.19. The summed E-state index contributed by atoms with van der Waals surface area (Å²) in [7, 11) is 0. The second-order valence-electron chi connectivity index (χ2n) is 4.91. The van der Waals surface area contributed by atoms with Crippen LogP contribution in [-0.2, 0) is 6.42 Å². The molecule has 0 saturated heterocycles. The van der Waals surface area contributed by atoms with Crippen molar-refractivity contribution in [2.75, 3.05) is 5.75 Å². The second kappa shape index (κ2) is 5.54. The van der Waals surface area contributed by atoms with Gasteiger partial charge in [0.05, 0.1) is 10.2 Å². The molecule has 104 valence electrons. The molecule has 4 rings (SSSR count). The summed E-state index contributed by atoms with van der Waals surface area (Å²) in [6.45, 7) is 0. The Morgan fingerprint density at radius 2 is 1.90 bits per heavy atom. The van der Waals surface area contributed by atoms with E-state index in [0.717, 1.165) is 22.0 Å². The Kier molecular flexibility index (Phi) is 3.41. The van der Waals surface area contributed by atoms with Gasteiger partial charge < -0.3 is 4.98 Å². The number of fused-ring (bicyclic) bond motifs is 2. The number of nitrogens with zero attached hydrogens (tertiary/aromatic N) is 1. The number of aryl methyl sites for hydroxylation is 1. The van der Waals surface area contributed by atoms with Gasteiger partial charge in [-0.2, -0.15) is 0 Å². The van der Waals surface area contributed by atoms with E-state index in [9.17, 15) is 0 Å². The van der Waals surface area contributed by atoms with Crippen molar-refractivity contribution < 1.29 is 0 Å². The maximum Gasteiger partial charge on any atom is 0.151 e. The minimum absolute atomic E-state index is 1.06. The van der Waals surface area contributed by atoms with Crippen molar-refractivity contribution in [3.63, 3.8) is 0 Å². The summed E-state index contributed by atoms with van der Waals surface area (Å²) in [5.74, 6) is 1.06. The van der Waals surface area contributed by atoms with Crippen LogP contribution in [0, 0.1) is 0 Å². The van der Waals surface area contributed by atoms with E-state index in [1.54, 1.807) is 11.3 Å². The molecule has 0 fully saturated rings. The van der Waals surface area contributed by atoms with Crippen LogP contribution in [0.15, 0.2) is 59.1 Å². The Labute approximate surface area is 131 Å².